The van der Waals surface area contributed by atoms with Gasteiger partial charge in [-0.1, -0.05) is 29.3 Å². The number of benzene rings is 2. The molecular weight excluding hydrogens is 430 g/mol. The van der Waals surface area contributed by atoms with Crippen LogP contribution in [0.4, 0.5) is 4.39 Å². The molecule has 0 aliphatic carbocycles. The van der Waals surface area contributed by atoms with E-state index in [0.717, 1.165) is 6.07 Å². The molecule has 0 aromatic heterocycles. The van der Waals surface area contributed by atoms with Crippen molar-refractivity contribution in [2.45, 2.75) is 4.90 Å². The fourth-order valence-corrected chi connectivity index (χ4v) is 4.50. The summed E-state index contributed by atoms with van der Waals surface area (Å²) in [5, 5.41) is 0.707. The molecule has 1 saturated heterocycles. The second kappa shape index (κ2) is 8.65. The summed E-state index contributed by atoms with van der Waals surface area (Å²) >= 11 is 11.7. The minimum absolute atomic E-state index is 0.102. The highest BCUT2D eigenvalue weighted by Gasteiger charge is 2.30. The number of hydrogen-bond donors (Lipinski definition) is 0. The fraction of sp³-hybridized carbons (Fsp3) is 0.278. The first kappa shape index (κ1) is 20.9. The first-order chi connectivity index (χ1) is 13.3. The third-order valence-electron chi connectivity index (χ3n) is 4.28. The zero-order chi connectivity index (χ0) is 20.3. The molecule has 28 heavy (non-hydrogen) atoms. The van der Waals surface area contributed by atoms with E-state index in [9.17, 15) is 17.6 Å². The predicted molar refractivity (Wildman–Crippen MR) is 104 cm³/mol. The average molecular weight is 447 g/mol. The number of amides is 1. The maximum atomic E-state index is 13.3. The molecule has 0 saturated carbocycles. The standard InChI is InChI=1S/C18H17Cl2FN2O4S/c19-16-5-4-14(11-17(16)20)27-12-18(24)22-6-8-23(9-7-22)28(25,26)15-3-1-2-13(21)10-15/h1-5,10-11H,6-9,12H2. The maximum absolute atomic E-state index is 13.3. The molecule has 6 nitrogen and oxygen atoms in total. The number of carbonyl (C=O) groups excluding carboxylic acids is 1. The van der Waals surface area contributed by atoms with Gasteiger partial charge in [0.1, 0.15) is 11.6 Å². The van der Waals surface area contributed by atoms with Gasteiger partial charge in [0.05, 0.1) is 14.9 Å². The average Bonchev–Trinajstić information content (AvgIpc) is 2.68. The number of sulfonamides is 1. The quantitative estimate of drug-likeness (QED) is 0.707. The van der Waals surface area contributed by atoms with Crippen LogP contribution in [0.2, 0.25) is 10.0 Å². The van der Waals surface area contributed by atoms with Crippen LogP contribution in [0, 0.1) is 5.82 Å². The zero-order valence-corrected chi connectivity index (χ0v) is 17.0. The Hall–Kier alpha value is -1.87. The lowest BCUT2D eigenvalue weighted by Gasteiger charge is -2.34. The van der Waals surface area contributed by atoms with Crippen molar-refractivity contribution in [2.75, 3.05) is 32.8 Å². The van der Waals surface area contributed by atoms with E-state index in [0.29, 0.717) is 15.8 Å². The van der Waals surface area contributed by atoms with Crippen molar-refractivity contribution in [1.82, 2.24) is 9.21 Å². The van der Waals surface area contributed by atoms with Crippen molar-refractivity contribution < 1.29 is 22.3 Å². The Bertz CT molecular complexity index is 979. The minimum atomic E-state index is -3.80. The molecule has 2 aromatic rings. The van der Waals surface area contributed by atoms with Gasteiger partial charge < -0.3 is 9.64 Å². The van der Waals surface area contributed by atoms with Crippen molar-refractivity contribution in [3.05, 3.63) is 58.3 Å². The van der Waals surface area contributed by atoms with Gasteiger partial charge in [0.15, 0.2) is 6.61 Å². The highest BCUT2D eigenvalue weighted by Crippen LogP contribution is 2.26. The number of piperazine rings is 1. The SMILES string of the molecule is O=C(COc1ccc(Cl)c(Cl)c1)N1CCN(S(=O)(=O)c2cccc(F)c2)CC1. The molecule has 1 aliphatic rings. The van der Waals surface area contributed by atoms with E-state index in [-0.39, 0.29) is 43.6 Å². The summed E-state index contributed by atoms with van der Waals surface area (Å²) in [6, 6.07) is 9.55. The van der Waals surface area contributed by atoms with Crippen LogP contribution in [0.15, 0.2) is 47.4 Å². The van der Waals surface area contributed by atoms with Crippen LogP contribution in [-0.4, -0.2) is 56.3 Å². The maximum Gasteiger partial charge on any atom is 0.260 e. The van der Waals surface area contributed by atoms with Gasteiger partial charge in [0.25, 0.3) is 5.91 Å². The normalized spacial score (nSPS) is 15.5. The van der Waals surface area contributed by atoms with Gasteiger partial charge in [-0.3, -0.25) is 4.79 Å². The number of ether oxygens (including phenoxy) is 1. The Morgan fingerprint density at radius 3 is 2.39 bits per heavy atom. The molecule has 150 valence electrons. The second-order valence-electron chi connectivity index (χ2n) is 6.11. The largest absolute Gasteiger partial charge is 0.484 e. The van der Waals surface area contributed by atoms with Gasteiger partial charge in [-0.05, 0) is 30.3 Å². The van der Waals surface area contributed by atoms with Crippen LogP contribution >= 0.6 is 23.2 Å². The lowest BCUT2D eigenvalue weighted by molar-refractivity contribution is -0.134. The van der Waals surface area contributed by atoms with Crippen LogP contribution in [-0.2, 0) is 14.8 Å². The van der Waals surface area contributed by atoms with Gasteiger partial charge in [-0.15, -0.1) is 0 Å². The number of carbonyl (C=O) groups is 1. The molecule has 0 unspecified atom stereocenters. The summed E-state index contributed by atoms with van der Waals surface area (Å²) in [6.45, 7) is 0.486. The van der Waals surface area contributed by atoms with Gasteiger partial charge in [-0.2, -0.15) is 4.31 Å². The first-order valence-corrected chi connectivity index (χ1v) is 10.6. The van der Waals surface area contributed by atoms with E-state index in [1.807, 2.05) is 0 Å². The Morgan fingerprint density at radius 2 is 1.75 bits per heavy atom. The van der Waals surface area contributed by atoms with Crippen LogP contribution in [0.5, 0.6) is 5.75 Å². The van der Waals surface area contributed by atoms with E-state index < -0.39 is 15.8 Å². The van der Waals surface area contributed by atoms with Crippen molar-refractivity contribution in [3.63, 3.8) is 0 Å². The van der Waals surface area contributed by atoms with Crippen LogP contribution in [0.3, 0.4) is 0 Å². The predicted octanol–water partition coefficient (Wildman–Crippen LogP) is 3.04. The monoisotopic (exact) mass is 446 g/mol. The molecule has 0 radical (unpaired) electrons. The topological polar surface area (TPSA) is 66.9 Å². The summed E-state index contributed by atoms with van der Waals surface area (Å²) in [5.41, 5.74) is 0. The second-order valence-corrected chi connectivity index (χ2v) is 8.86. The molecule has 0 N–H and O–H groups in total. The Labute approximate surface area is 172 Å². The van der Waals surface area contributed by atoms with Crippen molar-refractivity contribution in [3.8, 4) is 5.75 Å². The zero-order valence-electron chi connectivity index (χ0n) is 14.6. The third kappa shape index (κ3) is 4.75. The Morgan fingerprint density at radius 1 is 1.04 bits per heavy atom. The third-order valence-corrected chi connectivity index (χ3v) is 6.91. The molecule has 0 atom stereocenters. The molecule has 2 aromatic carbocycles. The number of rotatable bonds is 5. The summed E-state index contributed by atoms with van der Waals surface area (Å²) in [6.07, 6.45) is 0. The van der Waals surface area contributed by atoms with Crippen LogP contribution in [0.1, 0.15) is 0 Å². The Kier molecular flexibility index (Phi) is 6.44. The van der Waals surface area contributed by atoms with Gasteiger partial charge >= 0.3 is 0 Å². The van der Waals surface area contributed by atoms with E-state index >= 15 is 0 Å². The molecule has 0 bridgehead atoms. The van der Waals surface area contributed by atoms with Crippen LogP contribution in [0.25, 0.3) is 0 Å². The van der Waals surface area contributed by atoms with E-state index in [4.69, 9.17) is 27.9 Å². The number of hydrogen-bond acceptors (Lipinski definition) is 4. The molecule has 0 spiro atoms. The molecule has 1 amide bonds. The van der Waals surface area contributed by atoms with Crippen molar-refractivity contribution in [2.24, 2.45) is 0 Å². The summed E-state index contributed by atoms with van der Waals surface area (Å²) < 4.78 is 45.2. The van der Waals surface area contributed by atoms with Gasteiger partial charge in [-0.25, -0.2) is 12.8 Å². The minimum Gasteiger partial charge on any atom is -0.484 e. The molecule has 3 rings (SSSR count). The number of nitrogens with zero attached hydrogens (tertiary/aromatic N) is 2. The van der Waals surface area contributed by atoms with Crippen LogP contribution < -0.4 is 4.74 Å². The lowest BCUT2D eigenvalue weighted by Crippen LogP contribution is -2.51. The Balaban J connectivity index is 1.55. The van der Waals surface area contributed by atoms with E-state index in [2.05, 4.69) is 0 Å². The smallest absolute Gasteiger partial charge is 0.260 e. The van der Waals surface area contributed by atoms with E-state index in [1.54, 1.807) is 12.1 Å². The molecule has 1 fully saturated rings. The molecule has 10 heteroatoms. The van der Waals surface area contributed by atoms with Gasteiger partial charge in [0.2, 0.25) is 10.0 Å². The van der Waals surface area contributed by atoms with E-state index in [1.165, 1.54) is 33.5 Å². The number of halogens is 3. The highest BCUT2D eigenvalue weighted by molar-refractivity contribution is 7.89. The van der Waals surface area contributed by atoms with Crippen molar-refractivity contribution in [1.29, 1.82) is 0 Å². The fourth-order valence-electron chi connectivity index (χ4n) is 2.76. The molecule has 1 aliphatic heterocycles. The summed E-state index contributed by atoms with van der Waals surface area (Å²) in [5.74, 6) is -0.474. The summed E-state index contributed by atoms with van der Waals surface area (Å²) in [7, 11) is -3.80. The lowest BCUT2D eigenvalue weighted by atomic mass is 10.3. The summed E-state index contributed by atoms with van der Waals surface area (Å²) in [4.78, 5) is 13.7. The first-order valence-electron chi connectivity index (χ1n) is 8.39. The highest BCUT2D eigenvalue weighted by atomic mass is 35.5. The molecule has 1 heterocycles. The van der Waals surface area contributed by atoms with Gasteiger partial charge in [0, 0.05) is 32.2 Å². The molecular formula is C18H17Cl2FN2O4S. The van der Waals surface area contributed by atoms with Crippen molar-refractivity contribution >= 4 is 39.1 Å².